The number of hydrogen-bond donors (Lipinski definition) is 1. The Labute approximate surface area is 38.3 Å². The van der Waals surface area contributed by atoms with Crippen molar-refractivity contribution in [2.75, 3.05) is 0 Å². The summed E-state index contributed by atoms with van der Waals surface area (Å²) < 4.78 is 0. The van der Waals surface area contributed by atoms with E-state index in [2.05, 4.69) is 13.5 Å². The standard InChI is InChI=1S/C5H9O/c1-4(2)5(3)6/h4,6H,1,3H2,2H3/q-1. The summed E-state index contributed by atoms with van der Waals surface area (Å²) in [7, 11) is 0. The summed E-state index contributed by atoms with van der Waals surface area (Å²) in [6.07, 6.45) is 0. The van der Waals surface area contributed by atoms with Gasteiger partial charge in [0.25, 0.3) is 0 Å². The van der Waals surface area contributed by atoms with Gasteiger partial charge in [0, 0.05) is 0 Å². The Morgan fingerprint density at radius 2 is 2.17 bits per heavy atom. The number of rotatable bonds is 1. The van der Waals surface area contributed by atoms with Gasteiger partial charge in [0.2, 0.25) is 0 Å². The molecule has 0 aliphatic carbocycles. The molecule has 0 amide bonds. The molecule has 1 unspecified atom stereocenters. The van der Waals surface area contributed by atoms with Gasteiger partial charge in [-0.25, -0.2) is 0 Å². The van der Waals surface area contributed by atoms with Crippen LogP contribution in [0.2, 0.25) is 0 Å². The van der Waals surface area contributed by atoms with Crippen molar-refractivity contribution in [2.45, 2.75) is 6.92 Å². The molecule has 0 fully saturated rings. The first-order valence-electron chi connectivity index (χ1n) is 1.85. The fraction of sp³-hybridized carbons (Fsp3) is 0.400. The summed E-state index contributed by atoms with van der Waals surface area (Å²) >= 11 is 0. The van der Waals surface area contributed by atoms with Crippen LogP contribution in [-0.4, -0.2) is 5.11 Å². The molecular formula is C5H9O-. The van der Waals surface area contributed by atoms with Gasteiger partial charge in [-0.3, -0.25) is 0 Å². The van der Waals surface area contributed by atoms with E-state index in [1.807, 2.05) is 0 Å². The predicted molar refractivity (Wildman–Crippen MR) is 26.3 cm³/mol. The summed E-state index contributed by atoms with van der Waals surface area (Å²) in [6, 6.07) is 0. The van der Waals surface area contributed by atoms with E-state index in [9.17, 15) is 0 Å². The molecule has 0 aliphatic rings. The maximum atomic E-state index is 8.37. The van der Waals surface area contributed by atoms with Gasteiger partial charge in [-0.05, 0) is 0 Å². The highest BCUT2D eigenvalue weighted by atomic mass is 16.3. The van der Waals surface area contributed by atoms with E-state index in [1.54, 1.807) is 6.92 Å². The second-order valence-corrected chi connectivity index (χ2v) is 1.39. The van der Waals surface area contributed by atoms with E-state index < -0.39 is 0 Å². The van der Waals surface area contributed by atoms with Gasteiger partial charge in [-0.2, -0.15) is 0 Å². The van der Waals surface area contributed by atoms with Gasteiger partial charge < -0.3 is 12.0 Å². The van der Waals surface area contributed by atoms with Crippen LogP contribution in [0.5, 0.6) is 0 Å². The minimum absolute atomic E-state index is 0.0370. The smallest absolute Gasteiger partial charge is 0.0580 e. The van der Waals surface area contributed by atoms with Crippen molar-refractivity contribution in [3.8, 4) is 0 Å². The molecule has 1 N–H and O–H groups in total. The Bertz CT molecular complexity index is 55.0. The molecule has 0 aromatic heterocycles. The lowest BCUT2D eigenvalue weighted by atomic mass is 10.2. The molecule has 0 spiro atoms. The second-order valence-electron chi connectivity index (χ2n) is 1.39. The summed E-state index contributed by atoms with van der Waals surface area (Å²) in [5, 5.41) is 8.37. The van der Waals surface area contributed by atoms with E-state index in [-0.39, 0.29) is 11.7 Å². The Morgan fingerprint density at radius 1 is 2.00 bits per heavy atom. The van der Waals surface area contributed by atoms with Crippen LogP contribution in [0.1, 0.15) is 6.92 Å². The number of hydrogen-bond acceptors (Lipinski definition) is 1. The lowest BCUT2D eigenvalue weighted by Gasteiger charge is -2.04. The number of aliphatic hydroxyl groups excluding tert-OH is 1. The Kier molecular flexibility index (Phi) is 1.71. The van der Waals surface area contributed by atoms with Crippen molar-refractivity contribution in [1.82, 2.24) is 0 Å². The monoisotopic (exact) mass is 85.1 g/mol. The molecule has 0 rings (SSSR count). The Hall–Kier alpha value is -0.460. The minimum atomic E-state index is -0.0370. The molecule has 6 heavy (non-hydrogen) atoms. The highest BCUT2D eigenvalue weighted by Gasteiger charge is 1.82. The predicted octanol–water partition coefficient (Wildman–Crippen LogP) is 1.53. The van der Waals surface area contributed by atoms with Crippen molar-refractivity contribution < 1.29 is 5.11 Å². The lowest BCUT2D eigenvalue weighted by molar-refractivity contribution is 0.367. The van der Waals surface area contributed by atoms with Gasteiger partial charge >= 0.3 is 0 Å². The molecule has 0 aromatic carbocycles. The zero-order valence-corrected chi connectivity index (χ0v) is 3.94. The lowest BCUT2D eigenvalue weighted by Crippen LogP contribution is -1.87. The summed E-state index contributed by atoms with van der Waals surface area (Å²) in [4.78, 5) is 0. The number of allylic oxidation sites excluding steroid dienone is 1. The maximum Gasteiger partial charge on any atom is 0.0580 e. The fourth-order valence-electron chi connectivity index (χ4n) is 0. The van der Waals surface area contributed by atoms with Crippen LogP contribution < -0.4 is 0 Å². The molecule has 1 nitrogen and oxygen atoms in total. The van der Waals surface area contributed by atoms with Crippen molar-refractivity contribution in [1.29, 1.82) is 0 Å². The van der Waals surface area contributed by atoms with Crippen molar-refractivity contribution in [3.63, 3.8) is 0 Å². The zero-order valence-electron chi connectivity index (χ0n) is 3.94. The quantitative estimate of drug-likeness (QED) is 0.378. The number of aliphatic hydroxyl groups is 1. The van der Waals surface area contributed by atoms with Gasteiger partial charge in [-0.1, -0.05) is 13.5 Å². The van der Waals surface area contributed by atoms with Gasteiger partial charge in [0.05, 0.1) is 5.76 Å². The molecule has 0 aromatic rings. The molecule has 0 heterocycles. The van der Waals surface area contributed by atoms with Crippen molar-refractivity contribution in [3.05, 3.63) is 19.3 Å². The van der Waals surface area contributed by atoms with Crippen LogP contribution >= 0.6 is 0 Å². The molecule has 0 saturated heterocycles. The van der Waals surface area contributed by atoms with Crippen LogP contribution in [0.25, 0.3) is 0 Å². The fourth-order valence-corrected chi connectivity index (χ4v) is 0. The highest BCUT2D eigenvalue weighted by molar-refractivity contribution is 4.86. The molecule has 1 heteroatoms. The van der Waals surface area contributed by atoms with E-state index in [4.69, 9.17) is 5.11 Å². The topological polar surface area (TPSA) is 20.2 Å². The molecule has 0 saturated carbocycles. The third-order valence-corrected chi connectivity index (χ3v) is 0.569. The largest absolute Gasteiger partial charge is 0.515 e. The van der Waals surface area contributed by atoms with Gasteiger partial charge in [0.15, 0.2) is 0 Å². The second kappa shape index (κ2) is 1.85. The molecule has 1 atom stereocenters. The third-order valence-electron chi connectivity index (χ3n) is 0.569. The normalized spacial score (nSPS) is 13.7. The van der Waals surface area contributed by atoms with Crippen molar-refractivity contribution in [2.24, 2.45) is 5.92 Å². The molecule has 0 bridgehead atoms. The molecule has 36 valence electrons. The molecule has 0 radical (unpaired) electrons. The Balaban J connectivity index is 3.26. The third kappa shape index (κ3) is 1.82. The van der Waals surface area contributed by atoms with Crippen LogP contribution in [0, 0.1) is 12.8 Å². The summed E-state index contributed by atoms with van der Waals surface area (Å²) in [6.45, 7) is 8.52. The van der Waals surface area contributed by atoms with Crippen LogP contribution in [0.15, 0.2) is 12.3 Å². The first kappa shape index (κ1) is 5.54. The SMILES string of the molecule is C=C(O)C([CH2-])C. The maximum absolute atomic E-state index is 8.37. The first-order chi connectivity index (χ1) is 2.64. The Morgan fingerprint density at radius 3 is 2.17 bits per heavy atom. The average molecular weight is 85.1 g/mol. The van der Waals surface area contributed by atoms with Gasteiger partial charge in [-0.15, -0.1) is 5.92 Å². The van der Waals surface area contributed by atoms with E-state index in [0.29, 0.717) is 0 Å². The van der Waals surface area contributed by atoms with Crippen LogP contribution in [0.4, 0.5) is 0 Å². The molecule has 0 aliphatic heterocycles. The summed E-state index contributed by atoms with van der Waals surface area (Å²) in [5.41, 5.74) is 0. The molecular weight excluding hydrogens is 76.1 g/mol. The zero-order chi connectivity index (χ0) is 5.15. The minimum Gasteiger partial charge on any atom is -0.515 e. The van der Waals surface area contributed by atoms with Crippen molar-refractivity contribution >= 4 is 0 Å². The highest BCUT2D eigenvalue weighted by Crippen LogP contribution is 1.98. The van der Waals surface area contributed by atoms with Gasteiger partial charge in [0.1, 0.15) is 0 Å². The van der Waals surface area contributed by atoms with E-state index in [0.717, 1.165) is 0 Å². The first-order valence-corrected chi connectivity index (χ1v) is 1.85. The van der Waals surface area contributed by atoms with Crippen LogP contribution in [-0.2, 0) is 0 Å². The average Bonchev–Trinajstić information content (AvgIpc) is 1.36. The van der Waals surface area contributed by atoms with E-state index in [1.165, 1.54) is 0 Å². The van der Waals surface area contributed by atoms with E-state index >= 15 is 0 Å². The van der Waals surface area contributed by atoms with Crippen LogP contribution in [0.3, 0.4) is 0 Å². The summed E-state index contributed by atoms with van der Waals surface area (Å²) in [5.74, 6) is 0.111.